The van der Waals surface area contributed by atoms with E-state index < -0.39 is 37.7 Å². The Morgan fingerprint density at radius 1 is 1.03 bits per heavy atom. The van der Waals surface area contributed by atoms with E-state index in [9.17, 15) is 31.2 Å². The van der Waals surface area contributed by atoms with E-state index in [-0.39, 0.29) is 17.4 Å². The standard InChI is InChI=1S/C22H17ClF3N3O4S/c1-21(2)19(30)29(14-7-9-15(10-8-14)34(32,33)22(24,25)26)20(31)28(21)12-13-11-18(23)27-17-6-4-3-5-16(13)17/h3-11H,12H2,1-2H3. The summed E-state index contributed by atoms with van der Waals surface area (Å²) in [5.41, 5.74) is -5.56. The minimum atomic E-state index is -5.56. The molecule has 1 aromatic heterocycles. The zero-order chi connectivity index (χ0) is 25.1. The highest BCUT2D eigenvalue weighted by Crippen LogP contribution is 2.36. The fourth-order valence-electron chi connectivity index (χ4n) is 3.75. The Morgan fingerprint density at radius 3 is 2.26 bits per heavy atom. The molecule has 1 aliphatic heterocycles. The monoisotopic (exact) mass is 511 g/mol. The molecule has 1 fully saturated rings. The molecule has 0 spiro atoms. The number of fused-ring (bicyclic) bond motifs is 1. The van der Waals surface area contributed by atoms with Gasteiger partial charge in [-0.1, -0.05) is 29.8 Å². The summed E-state index contributed by atoms with van der Waals surface area (Å²) in [7, 11) is -5.56. The predicted molar refractivity (Wildman–Crippen MR) is 119 cm³/mol. The van der Waals surface area contributed by atoms with Gasteiger partial charge in [0.2, 0.25) is 0 Å². The highest BCUT2D eigenvalue weighted by molar-refractivity contribution is 7.92. The summed E-state index contributed by atoms with van der Waals surface area (Å²) >= 11 is 6.13. The lowest BCUT2D eigenvalue weighted by molar-refractivity contribution is -0.123. The van der Waals surface area contributed by atoms with Crippen molar-refractivity contribution in [2.75, 3.05) is 4.90 Å². The Bertz CT molecular complexity index is 1420. The minimum absolute atomic E-state index is 0.0113. The van der Waals surface area contributed by atoms with Gasteiger partial charge in [-0.2, -0.15) is 13.2 Å². The summed E-state index contributed by atoms with van der Waals surface area (Å²) in [4.78, 5) is 31.8. The molecule has 2 aromatic carbocycles. The molecule has 34 heavy (non-hydrogen) atoms. The number of imide groups is 1. The third-order valence-corrected chi connectivity index (χ3v) is 7.33. The number of urea groups is 1. The maximum atomic E-state index is 13.3. The highest BCUT2D eigenvalue weighted by atomic mass is 35.5. The Hall–Kier alpha value is -3.18. The minimum Gasteiger partial charge on any atom is -0.305 e. The molecule has 3 amide bonds. The Balaban J connectivity index is 1.70. The number of halogens is 4. The Kier molecular flexibility index (Phi) is 5.60. The van der Waals surface area contributed by atoms with Crippen LogP contribution in [0.2, 0.25) is 5.15 Å². The first-order chi connectivity index (χ1) is 15.7. The van der Waals surface area contributed by atoms with Crippen molar-refractivity contribution in [3.8, 4) is 0 Å². The van der Waals surface area contributed by atoms with E-state index in [0.717, 1.165) is 22.4 Å². The van der Waals surface area contributed by atoms with Crippen LogP contribution in [0.15, 0.2) is 59.5 Å². The van der Waals surface area contributed by atoms with Crippen molar-refractivity contribution >= 4 is 50.0 Å². The zero-order valence-corrected chi connectivity index (χ0v) is 19.4. The van der Waals surface area contributed by atoms with Crippen LogP contribution in [0, 0.1) is 0 Å². The van der Waals surface area contributed by atoms with E-state index in [1.54, 1.807) is 44.2 Å². The van der Waals surface area contributed by atoms with Crippen LogP contribution in [0.3, 0.4) is 0 Å². The van der Waals surface area contributed by atoms with E-state index in [1.165, 1.54) is 4.90 Å². The van der Waals surface area contributed by atoms with Gasteiger partial charge in [0.25, 0.3) is 15.7 Å². The summed E-state index contributed by atoms with van der Waals surface area (Å²) in [6, 6.07) is 11.4. The van der Waals surface area contributed by atoms with Crippen LogP contribution in [0.5, 0.6) is 0 Å². The van der Waals surface area contributed by atoms with Gasteiger partial charge in [0.15, 0.2) is 0 Å². The predicted octanol–water partition coefficient (Wildman–Crippen LogP) is 4.93. The normalized spacial score (nSPS) is 16.5. The van der Waals surface area contributed by atoms with Gasteiger partial charge in [-0.3, -0.25) is 4.79 Å². The summed E-state index contributed by atoms with van der Waals surface area (Å²) in [6.07, 6.45) is 0. The first-order valence-corrected chi connectivity index (χ1v) is 11.7. The topological polar surface area (TPSA) is 87.7 Å². The number of amides is 3. The molecule has 1 saturated heterocycles. The first kappa shape index (κ1) is 24.0. The smallest absolute Gasteiger partial charge is 0.305 e. The molecule has 0 bridgehead atoms. The molecular weight excluding hydrogens is 495 g/mol. The number of pyridine rings is 1. The van der Waals surface area contributed by atoms with Gasteiger partial charge in [0.1, 0.15) is 10.7 Å². The largest absolute Gasteiger partial charge is 0.501 e. The Labute approximate surface area is 197 Å². The highest BCUT2D eigenvalue weighted by Gasteiger charge is 2.52. The summed E-state index contributed by atoms with van der Waals surface area (Å²) < 4.78 is 61.7. The van der Waals surface area contributed by atoms with Gasteiger partial charge in [0.05, 0.1) is 16.1 Å². The third kappa shape index (κ3) is 3.78. The van der Waals surface area contributed by atoms with Crippen LogP contribution in [0.4, 0.5) is 23.7 Å². The first-order valence-electron chi connectivity index (χ1n) is 9.87. The lowest BCUT2D eigenvalue weighted by Gasteiger charge is -2.28. The van der Waals surface area contributed by atoms with Crippen molar-refractivity contribution < 1.29 is 31.2 Å². The molecule has 12 heteroatoms. The van der Waals surface area contributed by atoms with E-state index >= 15 is 0 Å². The molecule has 0 aliphatic carbocycles. The van der Waals surface area contributed by atoms with Gasteiger partial charge >= 0.3 is 11.5 Å². The molecule has 0 saturated carbocycles. The van der Waals surface area contributed by atoms with Crippen molar-refractivity contribution in [1.29, 1.82) is 0 Å². The summed E-state index contributed by atoms with van der Waals surface area (Å²) in [5, 5.41) is 0.950. The lowest BCUT2D eigenvalue weighted by atomic mass is 10.0. The number of carbonyl (C=O) groups is 2. The molecule has 1 aliphatic rings. The van der Waals surface area contributed by atoms with Crippen LogP contribution in [0.25, 0.3) is 10.9 Å². The second-order valence-corrected chi connectivity index (χ2v) is 10.5. The van der Waals surface area contributed by atoms with E-state index in [1.807, 2.05) is 0 Å². The molecule has 7 nitrogen and oxygen atoms in total. The molecule has 0 atom stereocenters. The van der Waals surface area contributed by atoms with Crippen LogP contribution < -0.4 is 4.90 Å². The lowest BCUT2D eigenvalue weighted by Crippen LogP contribution is -2.43. The number of nitrogens with zero attached hydrogens (tertiary/aromatic N) is 3. The molecule has 4 rings (SSSR count). The molecular formula is C22H17ClF3N3O4S. The number of rotatable bonds is 4. The average molecular weight is 512 g/mol. The number of aromatic nitrogens is 1. The molecule has 3 aromatic rings. The molecule has 0 N–H and O–H groups in total. The number of hydrogen-bond donors (Lipinski definition) is 0. The van der Waals surface area contributed by atoms with Crippen LogP contribution >= 0.6 is 11.6 Å². The van der Waals surface area contributed by atoms with Crippen LogP contribution in [0.1, 0.15) is 19.4 Å². The van der Waals surface area contributed by atoms with Gasteiger partial charge < -0.3 is 4.90 Å². The second kappa shape index (κ2) is 7.95. The van der Waals surface area contributed by atoms with E-state index in [0.29, 0.717) is 23.2 Å². The molecule has 2 heterocycles. The van der Waals surface area contributed by atoms with Gasteiger partial charge in [-0.05, 0) is 55.8 Å². The fourth-order valence-corrected chi connectivity index (χ4v) is 4.73. The number of alkyl halides is 3. The van der Waals surface area contributed by atoms with Crippen LogP contribution in [-0.4, -0.2) is 41.3 Å². The number of carbonyl (C=O) groups excluding carboxylic acids is 2. The van der Waals surface area contributed by atoms with Gasteiger partial charge in [-0.15, -0.1) is 0 Å². The number of sulfone groups is 1. The number of anilines is 1. The van der Waals surface area contributed by atoms with Gasteiger partial charge in [0, 0.05) is 11.9 Å². The van der Waals surface area contributed by atoms with Crippen molar-refractivity contribution in [1.82, 2.24) is 9.88 Å². The summed E-state index contributed by atoms with van der Waals surface area (Å²) in [6.45, 7) is 3.10. The average Bonchev–Trinajstić information content (AvgIpc) is 2.92. The van der Waals surface area contributed by atoms with E-state index in [2.05, 4.69) is 4.98 Å². The maximum Gasteiger partial charge on any atom is 0.501 e. The zero-order valence-electron chi connectivity index (χ0n) is 17.8. The molecule has 0 radical (unpaired) electrons. The van der Waals surface area contributed by atoms with Crippen LogP contribution in [-0.2, 0) is 21.2 Å². The molecule has 178 valence electrons. The van der Waals surface area contributed by atoms with Crippen molar-refractivity contribution in [3.05, 3.63) is 65.3 Å². The fraction of sp³-hybridized carbons (Fsp3) is 0.227. The van der Waals surface area contributed by atoms with Gasteiger partial charge in [-0.25, -0.2) is 23.1 Å². The van der Waals surface area contributed by atoms with Crippen molar-refractivity contribution in [2.24, 2.45) is 0 Å². The quantitative estimate of drug-likeness (QED) is 0.366. The third-order valence-electron chi connectivity index (χ3n) is 5.63. The SMILES string of the molecule is CC1(C)C(=O)N(c2ccc(S(=O)(=O)C(F)(F)F)cc2)C(=O)N1Cc1cc(Cl)nc2ccccc12. The maximum absolute atomic E-state index is 13.3. The van der Waals surface area contributed by atoms with Crippen molar-refractivity contribution in [3.63, 3.8) is 0 Å². The van der Waals surface area contributed by atoms with E-state index in [4.69, 9.17) is 11.6 Å². The second-order valence-electron chi connectivity index (χ2n) is 8.13. The van der Waals surface area contributed by atoms with Crippen molar-refractivity contribution in [2.45, 2.75) is 36.3 Å². The number of hydrogen-bond acceptors (Lipinski definition) is 5. The number of para-hydroxylation sites is 1. The molecule has 0 unspecified atom stereocenters. The number of benzene rings is 2. The summed E-state index contributed by atoms with van der Waals surface area (Å²) in [5.74, 6) is -0.617. The Morgan fingerprint density at radius 2 is 1.65 bits per heavy atom.